The summed E-state index contributed by atoms with van der Waals surface area (Å²) >= 11 is 0. The SMILES string of the molecule is CCCCC(CN)NC(=O)c1cccc(C)c1C. The molecule has 0 aliphatic rings. The molecule has 18 heavy (non-hydrogen) atoms. The van der Waals surface area contributed by atoms with Gasteiger partial charge in [-0.2, -0.15) is 0 Å². The third-order valence-electron chi connectivity index (χ3n) is 3.38. The van der Waals surface area contributed by atoms with E-state index in [2.05, 4.69) is 12.2 Å². The van der Waals surface area contributed by atoms with Crippen LogP contribution in [0.2, 0.25) is 0 Å². The minimum atomic E-state index is -0.0113. The molecule has 1 aromatic carbocycles. The van der Waals surface area contributed by atoms with Gasteiger partial charge in [0.25, 0.3) is 5.91 Å². The third kappa shape index (κ3) is 3.84. The van der Waals surface area contributed by atoms with Gasteiger partial charge in [-0.25, -0.2) is 0 Å². The van der Waals surface area contributed by atoms with Gasteiger partial charge in [0.1, 0.15) is 0 Å². The Balaban J connectivity index is 2.72. The number of amides is 1. The van der Waals surface area contributed by atoms with Crippen LogP contribution in [0.25, 0.3) is 0 Å². The van der Waals surface area contributed by atoms with Gasteiger partial charge < -0.3 is 11.1 Å². The maximum absolute atomic E-state index is 12.2. The second-order valence-corrected chi connectivity index (χ2v) is 4.80. The summed E-state index contributed by atoms with van der Waals surface area (Å²) in [5.41, 5.74) is 8.63. The zero-order chi connectivity index (χ0) is 13.5. The normalized spacial score (nSPS) is 12.2. The largest absolute Gasteiger partial charge is 0.348 e. The fourth-order valence-corrected chi connectivity index (χ4v) is 1.96. The van der Waals surface area contributed by atoms with E-state index in [-0.39, 0.29) is 11.9 Å². The predicted octanol–water partition coefficient (Wildman–Crippen LogP) is 2.55. The van der Waals surface area contributed by atoms with Crippen molar-refractivity contribution in [3.8, 4) is 0 Å². The Kier molecular flexibility index (Phi) is 5.86. The first-order valence-corrected chi connectivity index (χ1v) is 6.67. The molecule has 0 aromatic heterocycles. The standard InChI is InChI=1S/C15H24N2O/c1-4-5-8-13(10-16)17-15(18)14-9-6-7-11(2)12(14)3/h6-7,9,13H,4-5,8,10,16H2,1-3H3,(H,17,18). The van der Waals surface area contributed by atoms with Crippen LogP contribution in [0.1, 0.15) is 47.7 Å². The summed E-state index contributed by atoms with van der Waals surface area (Å²) in [6.45, 7) is 6.63. The van der Waals surface area contributed by atoms with Gasteiger partial charge in [-0.05, 0) is 37.5 Å². The summed E-state index contributed by atoms with van der Waals surface area (Å²) in [6.07, 6.45) is 3.16. The first kappa shape index (κ1) is 14.7. The van der Waals surface area contributed by atoms with E-state index in [0.717, 1.165) is 36.0 Å². The lowest BCUT2D eigenvalue weighted by Gasteiger charge is -2.17. The highest BCUT2D eigenvalue weighted by Crippen LogP contribution is 2.13. The summed E-state index contributed by atoms with van der Waals surface area (Å²) < 4.78 is 0. The first-order chi connectivity index (χ1) is 8.60. The topological polar surface area (TPSA) is 55.1 Å². The number of hydrogen-bond donors (Lipinski definition) is 2. The van der Waals surface area contributed by atoms with Crippen molar-refractivity contribution in [2.45, 2.75) is 46.1 Å². The molecule has 100 valence electrons. The number of benzene rings is 1. The molecule has 0 spiro atoms. The highest BCUT2D eigenvalue weighted by Gasteiger charge is 2.14. The van der Waals surface area contributed by atoms with Gasteiger partial charge in [0, 0.05) is 18.2 Å². The number of nitrogens with two attached hydrogens (primary N) is 1. The fraction of sp³-hybridized carbons (Fsp3) is 0.533. The average molecular weight is 248 g/mol. The molecule has 0 heterocycles. The number of rotatable bonds is 6. The molecule has 1 unspecified atom stereocenters. The van der Waals surface area contributed by atoms with E-state index in [9.17, 15) is 4.79 Å². The second kappa shape index (κ2) is 7.17. The van der Waals surface area contributed by atoms with Crippen molar-refractivity contribution in [1.82, 2.24) is 5.32 Å². The quantitative estimate of drug-likeness (QED) is 0.813. The van der Waals surface area contributed by atoms with E-state index in [1.165, 1.54) is 0 Å². The Morgan fingerprint density at radius 3 is 2.72 bits per heavy atom. The van der Waals surface area contributed by atoms with Gasteiger partial charge in [-0.15, -0.1) is 0 Å². The van der Waals surface area contributed by atoms with E-state index < -0.39 is 0 Å². The van der Waals surface area contributed by atoms with Crippen molar-refractivity contribution in [2.75, 3.05) is 6.54 Å². The molecule has 0 aliphatic carbocycles. The van der Waals surface area contributed by atoms with Gasteiger partial charge in [0.2, 0.25) is 0 Å². The maximum Gasteiger partial charge on any atom is 0.251 e. The lowest BCUT2D eigenvalue weighted by molar-refractivity contribution is 0.0935. The molecule has 0 fully saturated rings. The molecule has 3 heteroatoms. The van der Waals surface area contributed by atoms with Crippen LogP contribution in [-0.4, -0.2) is 18.5 Å². The van der Waals surface area contributed by atoms with Crippen LogP contribution in [0.3, 0.4) is 0 Å². The van der Waals surface area contributed by atoms with E-state index in [1.54, 1.807) is 0 Å². The van der Waals surface area contributed by atoms with E-state index in [1.807, 2.05) is 32.0 Å². The van der Waals surface area contributed by atoms with Crippen molar-refractivity contribution < 1.29 is 4.79 Å². The summed E-state index contributed by atoms with van der Waals surface area (Å²) in [5, 5.41) is 3.02. The van der Waals surface area contributed by atoms with Gasteiger partial charge in [-0.3, -0.25) is 4.79 Å². The lowest BCUT2D eigenvalue weighted by atomic mass is 10.0. The van der Waals surface area contributed by atoms with Crippen LogP contribution in [0.5, 0.6) is 0 Å². The molecule has 3 N–H and O–H groups in total. The second-order valence-electron chi connectivity index (χ2n) is 4.80. The van der Waals surface area contributed by atoms with Crippen LogP contribution < -0.4 is 11.1 Å². The van der Waals surface area contributed by atoms with Gasteiger partial charge >= 0.3 is 0 Å². The van der Waals surface area contributed by atoms with E-state index >= 15 is 0 Å². The predicted molar refractivity (Wildman–Crippen MR) is 75.7 cm³/mol. The summed E-state index contributed by atoms with van der Waals surface area (Å²) in [4.78, 5) is 12.2. The van der Waals surface area contributed by atoms with Gasteiger partial charge in [0.15, 0.2) is 0 Å². The van der Waals surface area contributed by atoms with Crippen molar-refractivity contribution in [2.24, 2.45) is 5.73 Å². The zero-order valence-corrected chi connectivity index (χ0v) is 11.6. The van der Waals surface area contributed by atoms with Crippen LogP contribution >= 0.6 is 0 Å². The molecule has 0 saturated carbocycles. The molecule has 3 nitrogen and oxygen atoms in total. The van der Waals surface area contributed by atoms with Crippen LogP contribution in [0.15, 0.2) is 18.2 Å². The highest BCUT2D eigenvalue weighted by atomic mass is 16.1. The van der Waals surface area contributed by atoms with Crippen LogP contribution in [-0.2, 0) is 0 Å². The maximum atomic E-state index is 12.2. The lowest BCUT2D eigenvalue weighted by Crippen LogP contribution is -2.40. The summed E-state index contributed by atoms with van der Waals surface area (Å²) in [5.74, 6) is -0.0113. The Labute approximate surface area is 110 Å². The van der Waals surface area contributed by atoms with Crippen LogP contribution in [0, 0.1) is 13.8 Å². The smallest absolute Gasteiger partial charge is 0.251 e. The molecular weight excluding hydrogens is 224 g/mol. The Morgan fingerprint density at radius 1 is 1.39 bits per heavy atom. The summed E-state index contributed by atoms with van der Waals surface area (Å²) in [7, 11) is 0. The van der Waals surface area contributed by atoms with Crippen molar-refractivity contribution in [3.05, 3.63) is 34.9 Å². The Hall–Kier alpha value is -1.35. The molecule has 0 bridgehead atoms. The molecule has 0 radical (unpaired) electrons. The molecule has 0 aliphatic heterocycles. The number of carbonyl (C=O) groups is 1. The fourth-order valence-electron chi connectivity index (χ4n) is 1.96. The highest BCUT2D eigenvalue weighted by molar-refractivity contribution is 5.96. The minimum absolute atomic E-state index is 0.0113. The zero-order valence-electron chi connectivity index (χ0n) is 11.6. The van der Waals surface area contributed by atoms with Gasteiger partial charge in [0.05, 0.1) is 0 Å². The molecule has 1 atom stereocenters. The Bertz CT molecular complexity index is 401. The van der Waals surface area contributed by atoms with E-state index in [4.69, 9.17) is 5.73 Å². The van der Waals surface area contributed by atoms with Crippen LogP contribution in [0.4, 0.5) is 0 Å². The summed E-state index contributed by atoms with van der Waals surface area (Å²) in [6, 6.07) is 5.88. The molecule has 1 amide bonds. The molecule has 1 rings (SSSR count). The number of aryl methyl sites for hydroxylation is 1. The molecule has 0 saturated heterocycles. The number of unbranched alkanes of at least 4 members (excludes halogenated alkanes) is 1. The monoisotopic (exact) mass is 248 g/mol. The van der Waals surface area contributed by atoms with Crippen molar-refractivity contribution in [3.63, 3.8) is 0 Å². The number of hydrogen-bond acceptors (Lipinski definition) is 2. The van der Waals surface area contributed by atoms with Crippen molar-refractivity contribution in [1.29, 1.82) is 0 Å². The van der Waals surface area contributed by atoms with E-state index in [0.29, 0.717) is 6.54 Å². The minimum Gasteiger partial charge on any atom is -0.348 e. The average Bonchev–Trinajstić information content (AvgIpc) is 2.37. The first-order valence-electron chi connectivity index (χ1n) is 6.67. The van der Waals surface area contributed by atoms with Crippen molar-refractivity contribution >= 4 is 5.91 Å². The third-order valence-corrected chi connectivity index (χ3v) is 3.38. The number of carbonyl (C=O) groups excluding carboxylic acids is 1. The Morgan fingerprint density at radius 2 is 2.11 bits per heavy atom. The molecular formula is C15H24N2O. The molecule has 1 aromatic rings. The number of nitrogens with one attached hydrogen (secondary N) is 1. The van der Waals surface area contributed by atoms with Gasteiger partial charge in [-0.1, -0.05) is 31.9 Å².